The lowest BCUT2D eigenvalue weighted by Gasteiger charge is -2.15. The van der Waals surface area contributed by atoms with Crippen LogP contribution in [0.15, 0.2) is 28.7 Å². The number of benzene rings is 1. The van der Waals surface area contributed by atoms with Crippen molar-refractivity contribution in [2.75, 3.05) is 5.32 Å². The topological polar surface area (TPSA) is 57.8 Å². The summed E-state index contributed by atoms with van der Waals surface area (Å²) in [4.78, 5) is 12.6. The number of H-pyrrole nitrogens is 1. The molecule has 1 aliphatic rings. The van der Waals surface area contributed by atoms with E-state index in [-0.39, 0.29) is 11.3 Å². The Bertz CT molecular complexity index is 656. The predicted octanol–water partition coefficient (Wildman–Crippen LogP) is 3.46. The van der Waals surface area contributed by atoms with Gasteiger partial charge >= 0.3 is 0 Å². The first-order valence-corrected chi connectivity index (χ1v) is 7.41. The van der Waals surface area contributed by atoms with Crippen LogP contribution in [0, 0.1) is 13.8 Å². The van der Waals surface area contributed by atoms with Crippen LogP contribution in [0.25, 0.3) is 0 Å². The predicted molar refractivity (Wildman–Crippen MR) is 81.7 cm³/mol. The van der Waals surface area contributed by atoms with Crippen molar-refractivity contribution < 1.29 is 4.79 Å². The molecular weight excluding hydrogens is 318 g/mol. The summed E-state index contributed by atoms with van der Waals surface area (Å²) in [5.41, 5.74) is 2.67. The molecule has 1 heterocycles. The Labute approximate surface area is 126 Å². The van der Waals surface area contributed by atoms with E-state index in [1.165, 1.54) is 0 Å². The number of carbonyl (C=O) groups excluding carboxylic acids is 1. The fraction of sp³-hybridized carbons (Fsp3) is 0.333. The number of hydrogen-bond acceptors (Lipinski definition) is 2. The molecule has 1 saturated carbocycles. The van der Waals surface area contributed by atoms with Crippen molar-refractivity contribution in [2.45, 2.75) is 32.1 Å². The molecule has 4 nitrogen and oxygen atoms in total. The third kappa shape index (κ3) is 2.16. The van der Waals surface area contributed by atoms with Crippen molar-refractivity contribution in [3.8, 4) is 0 Å². The first-order chi connectivity index (χ1) is 9.53. The maximum absolute atomic E-state index is 12.6. The van der Waals surface area contributed by atoms with Crippen molar-refractivity contribution in [3.63, 3.8) is 0 Å². The second-order valence-corrected chi connectivity index (χ2v) is 6.28. The minimum Gasteiger partial charge on any atom is -0.308 e. The van der Waals surface area contributed by atoms with E-state index in [1.54, 1.807) is 0 Å². The molecule has 2 N–H and O–H groups in total. The summed E-state index contributed by atoms with van der Waals surface area (Å²) >= 11 is 3.42. The Balaban J connectivity index is 1.83. The van der Waals surface area contributed by atoms with Gasteiger partial charge in [0.25, 0.3) is 0 Å². The summed E-state index contributed by atoms with van der Waals surface area (Å²) in [5, 5.41) is 9.98. The molecule has 1 aromatic carbocycles. The SMILES string of the molecule is Cc1[nH]nc(NC(=O)C2(c3ccc(Br)cc3)CC2)c1C. The van der Waals surface area contributed by atoms with Crippen LogP contribution in [0.2, 0.25) is 0 Å². The second-order valence-electron chi connectivity index (χ2n) is 5.37. The number of aromatic nitrogens is 2. The molecule has 0 spiro atoms. The van der Waals surface area contributed by atoms with Crippen molar-refractivity contribution in [1.29, 1.82) is 0 Å². The molecule has 0 radical (unpaired) electrons. The summed E-state index contributed by atoms with van der Waals surface area (Å²) in [7, 11) is 0. The van der Waals surface area contributed by atoms with Gasteiger partial charge in [0, 0.05) is 15.7 Å². The summed E-state index contributed by atoms with van der Waals surface area (Å²) in [5.74, 6) is 0.672. The van der Waals surface area contributed by atoms with E-state index in [1.807, 2.05) is 38.1 Å². The minimum absolute atomic E-state index is 0.0365. The first kappa shape index (κ1) is 13.4. The minimum atomic E-state index is -0.375. The normalized spacial score (nSPS) is 15.9. The zero-order valence-electron chi connectivity index (χ0n) is 11.5. The molecule has 0 aliphatic heterocycles. The van der Waals surface area contributed by atoms with Gasteiger partial charge < -0.3 is 5.32 Å². The van der Waals surface area contributed by atoms with Gasteiger partial charge in [-0.2, -0.15) is 5.10 Å². The molecule has 1 fully saturated rings. The largest absolute Gasteiger partial charge is 0.308 e. The van der Waals surface area contributed by atoms with Gasteiger partial charge in [-0.25, -0.2) is 0 Å². The number of nitrogens with zero attached hydrogens (tertiary/aromatic N) is 1. The first-order valence-electron chi connectivity index (χ1n) is 6.62. The van der Waals surface area contributed by atoms with Crippen LogP contribution in [0.4, 0.5) is 5.82 Å². The number of nitrogens with one attached hydrogen (secondary N) is 2. The molecule has 0 atom stereocenters. The average molecular weight is 334 g/mol. The fourth-order valence-corrected chi connectivity index (χ4v) is 2.64. The molecule has 5 heteroatoms. The zero-order valence-corrected chi connectivity index (χ0v) is 13.0. The molecule has 3 rings (SSSR count). The Morgan fingerprint density at radius 3 is 2.45 bits per heavy atom. The number of aromatic amines is 1. The summed E-state index contributed by atoms with van der Waals surface area (Å²) in [6.45, 7) is 3.90. The maximum Gasteiger partial charge on any atom is 0.236 e. The van der Waals surface area contributed by atoms with E-state index in [0.29, 0.717) is 5.82 Å². The average Bonchev–Trinajstić information content (AvgIpc) is 3.19. The number of rotatable bonds is 3. The van der Waals surface area contributed by atoms with Crippen molar-refractivity contribution in [2.24, 2.45) is 0 Å². The molecule has 20 heavy (non-hydrogen) atoms. The molecule has 2 aromatic rings. The lowest BCUT2D eigenvalue weighted by Crippen LogP contribution is -2.28. The highest BCUT2D eigenvalue weighted by molar-refractivity contribution is 9.10. The number of anilines is 1. The Morgan fingerprint density at radius 2 is 1.95 bits per heavy atom. The smallest absolute Gasteiger partial charge is 0.236 e. The van der Waals surface area contributed by atoms with E-state index in [0.717, 1.165) is 34.1 Å². The number of halogens is 1. The highest BCUT2D eigenvalue weighted by Crippen LogP contribution is 2.49. The van der Waals surface area contributed by atoms with Gasteiger partial charge in [0.05, 0.1) is 5.41 Å². The molecule has 1 amide bonds. The summed E-state index contributed by atoms with van der Waals surface area (Å²) in [6.07, 6.45) is 1.78. The molecule has 104 valence electrons. The number of aryl methyl sites for hydroxylation is 1. The molecule has 1 aromatic heterocycles. The van der Waals surface area contributed by atoms with Gasteiger partial charge in [-0.3, -0.25) is 9.89 Å². The van der Waals surface area contributed by atoms with E-state index in [4.69, 9.17) is 0 Å². The lowest BCUT2D eigenvalue weighted by molar-refractivity contribution is -0.118. The number of amides is 1. The van der Waals surface area contributed by atoms with E-state index in [2.05, 4.69) is 31.4 Å². The summed E-state index contributed by atoms with van der Waals surface area (Å²) < 4.78 is 1.02. The van der Waals surface area contributed by atoms with E-state index in [9.17, 15) is 4.79 Å². The number of carbonyl (C=O) groups is 1. The van der Waals surface area contributed by atoms with E-state index >= 15 is 0 Å². The monoisotopic (exact) mass is 333 g/mol. The highest BCUT2D eigenvalue weighted by Gasteiger charge is 2.51. The molecule has 1 aliphatic carbocycles. The van der Waals surface area contributed by atoms with Gasteiger partial charge in [0.15, 0.2) is 5.82 Å². The second kappa shape index (κ2) is 4.74. The summed E-state index contributed by atoms with van der Waals surface area (Å²) in [6, 6.07) is 7.98. The standard InChI is InChI=1S/C15H16BrN3O/c1-9-10(2)18-19-13(9)17-14(20)15(7-8-15)11-3-5-12(16)6-4-11/h3-6H,7-8H2,1-2H3,(H2,17,18,19,20). The van der Waals surface area contributed by atoms with E-state index < -0.39 is 0 Å². The third-order valence-electron chi connectivity index (χ3n) is 4.07. The van der Waals surface area contributed by atoms with Crippen LogP contribution in [-0.4, -0.2) is 16.1 Å². The van der Waals surface area contributed by atoms with Crippen LogP contribution in [0.5, 0.6) is 0 Å². The molecule has 0 unspecified atom stereocenters. The Morgan fingerprint density at radius 1 is 1.30 bits per heavy atom. The van der Waals surface area contributed by atoms with Gasteiger partial charge in [0.2, 0.25) is 5.91 Å². The lowest BCUT2D eigenvalue weighted by atomic mass is 9.95. The van der Waals surface area contributed by atoms with Crippen LogP contribution in [-0.2, 0) is 10.2 Å². The fourth-order valence-electron chi connectivity index (χ4n) is 2.37. The van der Waals surface area contributed by atoms with Crippen LogP contribution in [0.1, 0.15) is 29.7 Å². The van der Waals surface area contributed by atoms with Crippen LogP contribution in [0.3, 0.4) is 0 Å². The van der Waals surface area contributed by atoms with Gasteiger partial charge in [0.1, 0.15) is 0 Å². The van der Waals surface area contributed by atoms with Gasteiger partial charge in [-0.05, 0) is 44.4 Å². The molecule has 0 bridgehead atoms. The highest BCUT2D eigenvalue weighted by atomic mass is 79.9. The van der Waals surface area contributed by atoms with Gasteiger partial charge in [-0.1, -0.05) is 28.1 Å². The Kier molecular flexibility index (Phi) is 3.17. The Hall–Kier alpha value is -1.62. The van der Waals surface area contributed by atoms with Crippen LogP contribution < -0.4 is 5.32 Å². The van der Waals surface area contributed by atoms with Gasteiger partial charge in [-0.15, -0.1) is 0 Å². The molecular formula is C15H16BrN3O. The van der Waals surface area contributed by atoms with Crippen LogP contribution >= 0.6 is 15.9 Å². The number of hydrogen-bond donors (Lipinski definition) is 2. The van der Waals surface area contributed by atoms with Crippen molar-refractivity contribution in [1.82, 2.24) is 10.2 Å². The quantitative estimate of drug-likeness (QED) is 0.903. The maximum atomic E-state index is 12.6. The van der Waals surface area contributed by atoms with Crippen molar-refractivity contribution >= 4 is 27.7 Å². The molecule has 0 saturated heterocycles. The van der Waals surface area contributed by atoms with Crippen molar-refractivity contribution in [3.05, 3.63) is 45.6 Å². The zero-order chi connectivity index (χ0) is 14.3. The third-order valence-corrected chi connectivity index (χ3v) is 4.60.